The summed E-state index contributed by atoms with van der Waals surface area (Å²) in [5, 5.41) is 7.16. The fourth-order valence-electron chi connectivity index (χ4n) is 0.442. The van der Waals surface area contributed by atoms with Crippen molar-refractivity contribution in [3.8, 4) is 0 Å². The van der Waals surface area contributed by atoms with Gasteiger partial charge in [0.1, 0.15) is 0 Å². The summed E-state index contributed by atoms with van der Waals surface area (Å²) in [5.74, 6) is 0. The van der Waals surface area contributed by atoms with Gasteiger partial charge in [0.25, 0.3) is 0 Å². The molecule has 0 saturated heterocycles. The van der Waals surface area contributed by atoms with E-state index in [9.17, 15) is 0 Å². The molecule has 0 aromatic rings. The lowest BCUT2D eigenvalue weighted by Gasteiger charge is -1.95. The first-order valence-electron chi connectivity index (χ1n) is 3.03. The maximum Gasteiger partial charge on any atom is 0.0889 e. The highest BCUT2D eigenvalue weighted by Gasteiger charge is 1.92. The van der Waals surface area contributed by atoms with Crippen molar-refractivity contribution in [2.75, 3.05) is 7.05 Å². The molecule has 0 radical (unpaired) electrons. The summed E-state index contributed by atoms with van der Waals surface area (Å²) in [7, 11) is 1.58. The minimum atomic E-state index is 0.589. The molecule has 0 aromatic heterocycles. The molecule has 0 atom stereocenters. The van der Waals surface area contributed by atoms with Gasteiger partial charge in [-0.2, -0.15) is 10.2 Å². The molecule has 0 aromatic carbocycles. The third kappa shape index (κ3) is 3.25. The molecule has 0 aliphatic rings. The number of nitrogens with zero attached hydrogens (tertiary/aromatic N) is 3. The normalized spacial score (nSPS) is 11.5. The van der Waals surface area contributed by atoms with E-state index in [4.69, 9.17) is 0 Å². The molecule has 0 bridgehead atoms. The zero-order valence-electron chi connectivity index (χ0n) is 6.62. The fraction of sp³-hybridized carbons (Fsp3) is 0.125. The Bertz CT molecular complexity index is 223. The first-order chi connectivity index (χ1) is 5.26. The highest BCUT2D eigenvalue weighted by Crippen LogP contribution is 2.08. The van der Waals surface area contributed by atoms with Gasteiger partial charge in [0, 0.05) is 7.05 Å². The Hall–Kier alpha value is -1.51. The first kappa shape index (κ1) is 9.49. The van der Waals surface area contributed by atoms with Gasteiger partial charge in [-0.05, 0) is 12.3 Å². The first-order valence-corrected chi connectivity index (χ1v) is 3.03. The van der Waals surface area contributed by atoms with Crippen molar-refractivity contribution in [1.82, 2.24) is 0 Å². The molecule has 0 rings (SSSR count). The maximum atomic E-state index is 3.68. The van der Waals surface area contributed by atoms with E-state index in [0.717, 1.165) is 0 Å². The van der Waals surface area contributed by atoms with Crippen LogP contribution in [0.1, 0.15) is 0 Å². The summed E-state index contributed by atoms with van der Waals surface area (Å²) in [6, 6.07) is 0. The molecule has 3 heteroatoms. The number of allylic oxidation sites excluding steroid dienone is 1. The minimum absolute atomic E-state index is 0.589. The Morgan fingerprint density at radius 1 is 1.45 bits per heavy atom. The van der Waals surface area contributed by atoms with Gasteiger partial charge < -0.3 is 0 Å². The van der Waals surface area contributed by atoms with Crippen molar-refractivity contribution in [2.45, 2.75) is 0 Å². The molecule has 0 N–H and O–H groups in total. The Kier molecular flexibility index (Phi) is 4.56. The molecule has 0 fully saturated rings. The van der Waals surface area contributed by atoms with Gasteiger partial charge in [-0.3, -0.25) is 4.99 Å². The summed E-state index contributed by atoms with van der Waals surface area (Å²) >= 11 is 0. The molecule has 3 nitrogen and oxygen atoms in total. The minimum Gasteiger partial charge on any atom is -0.262 e. The highest BCUT2D eigenvalue weighted by atomic mass is 15.1. The van der Waals surface area contributed by atoms with Crippen LogP contribution in [0.3, 0.4) is 0 Å². The van der Waals surface area contributed by atoms with Gasteiger partial charge in [0.05, 0.1) is 11.9 Å². The number of aliphatic imine (C=N–C) groups is 1. The molecule has 0 heterocycles. The predicted octanol–water partition coefficient (Wildman–Crippen LogP) is 2.35. The smallest absolute Gasteiger partial charge is 0.0889 e. The number of azo groups is 1. The van der Waals surface area contributed by atoms with Gasteiger partial charge in [-0.1, -0.05) is 19.2 Å². The Morgan fingerprint density at radius 2 is 2.09 bits per heavy atom. The molecule has 0 unspecified atom stereocenters. The van der Waals surface area contributed by atoms with E-state index in [-0.39, 0.29) is 0 Å². The molecule has 58 valence electrons. The Balaban J connectivity index is 4.51. The summed E-state index contributed by atoms with van der Waals surface area (Å²) in [6.45, 7) is 10.6. The van der Waals surface area contributed by atoms with Crippen LogP contribution in [0.25, 0.3) is 0 Å². The van der Waals surface area contributed by atoms with Crippen molar-refractivity contribution >= 4 is 6.72 Å². The van der Waals surface area contributed by atoms with Crippen LogP contribution in [0.4, 0.5) is 0 Å². The quantitative estimate of drug-likeness (QED) is 0.334. The van der Waals surface area contributed by atoms with Crippen LogP contribution in [0.5, 0.6) is 0 Å². The van der Waals surface area contributed by atoms with E-state index >= 15 is 0 Å². The van der Waals surface area contributed by atoms with E-state index in [2.05, 4.69) is 35.1 Å². The highest BCUT2D eigenvalue weighted by molar-refractivity contribution is 5.41. The van der Waals surface area contributed by atoms with Crippen molar-refractivity contribution in [3.63, 3.8) is 0 Å². The average Bonchev–Trinajstić information content (AvgIpc) is 2.05. The van der Waals surface area contributed by atoms with E-state index in [1.54, 1.807) is 13.1 Å². The van der Waals surface area contributed by atoms with Crippen LogP contribution in [-0.2, 0) is 0 Å². The number of hydrogen-bond donors (Lipinski definition) is 0. The zero-order chi connectivity index (χ0) is 8.69. The summed E-state index contributed by atoms with van der Waals surface area (Å²) in [5.41, 5.74) is 1.28. The van der Waals surface area contributed by atoms with Crippen LogP contribution in [0, 0.1) is 0 Å². The van der Waals surface area contributed by atoms with Gasteiger partial charge in [0.2, 0.25) is 0 Å². The second-order valence-electron chi connectivity index (χ2n) is 1.72. The van der Waals surface area contributed by atoms with Crippen LogP contribution in [0.15, 0.2) is 51.9 Å². The SMILES string of the molecule is C=CC(=C)/C(=C\N=NC)N=C. The molecule has 0 saturated carbocycles. The lowest BCUT2D eigenvalue weighted by molar-refractivity contribution is 1.14. The van der Waals surface area contributed by atoms with E-state index in [0.29, 0.717) is 11.3 Å². The summed E-state index contributed by atoms with van der Waals surface area (Å²) in [4.78, 5) is 3.68. The van der Waals surface area contributed by atoms with Crippen molar-refractivity contribution in [3.05, 3.63) is 36.7 Å². The largest absolute Gasteiger partial charge is 0.262 e. The predicted molar refractivity (Wildman–Crippen MR) is 47.7 cm³/mol. The molecule has 0 aliphatic heterocycles. The van der Waals surface area contributed by atoms with Crippen LogP contribution in [0.2, 0.25) is 0 Å². The maximum absolute atomic E-state index is 3.68. The topological polar surface area (TPSA) is 37.1 Å². The van der Waals surface area contributed by atoms with Gasteiger partial charge in [-0.15, -0.1) is 0 Å². The van der Waals surface area contributed by atoms with Crippen molar-refractivity contribution < 1.29 is 0 Å². The second-order valence-corrected chi connectivity index (χ2v) is 1.72. The number of hydrogen-bond acceptors (Lipinski definition) is 3. The third-order valence-corrected chi connectivity index (χ3v) is 1.04. The monoisotopic (exact) mass is 149 g/mol. The van der Waals surface area contributed by atoms with Crippen molar-refractivity contribution in [2.24, 2.45) is 15.2 Å². The van der Waals surface area contributed by atoms with Crippen LogP contribution >= 0.6 is 0 Å². The Labute approximate surface area is 66.6 Å². The molecule has 0 spiro atoms. The molecule has 11 heavy (non-hydrogen) atoms. The molecule has 0 aliphatic carbocycles. The lowest BCUT2D eigenvalue weighted by Crippen LogP contribution is -1.77. The second kappa shape index (κ2) is 5.29. The van der Waals surface area contributed by atoms with E-state index < -0.39 is 0 Å². The molecular weight excluding hydrogens is 138 g/mol. The van der Waals surface area contributed by atoms with Crippen molar-refractivity contribution in [1.29, 1.82) is 0 Å². The van der Waals surface area contributed by atoms with Gasteiger partial charge in [0.15, 0.2) is 0 Å². The van der Waals surface area contributed by atoms with Gasteiger partial charge in [-0.25, -0.2) is 0 Å². The third-order valence-electron chi connectivity index (χ3n) is 1.04. The lowest BCUT2D eigenvalue weighted by atomic mass is 10.2. The molecular formula is C8H11N3. The number of rotatable bonds is 4. The van der Waals surface area contributed by atoms with Crippen LogP contribution < -0.4 is 0 Å². The van der Waals surface area contributed by atoms with Gasteiger partial charge >= 0.3 is 0 Å². The fourth-order valence-corrected chi connectivity index (χ4v) is 0.442. The molecule has 0 amide bonds. The standard InChI is InChI=1S/C8H11N3/c1-5-7(2)8(9-3)6-11-10-4/h5-6H,1-3H2,4H3/b8-6+,11-10?. The van der Waals surface area contributed by atoms with Crippen LogP contribution in [-0.4, -0.2) is 13.8 Å². The van der Waals surface area contributed by atoms with E-state index in [1.807, 2.05) is 0 Å². The average molecular weight is 149 g/mol. The summed E-state index contributed by atoms with van der Waals surface area (Å²) < 4.78 is 0. The van der Waals surface area contributed by atoms with E-state index in [1.165, 1.54) is 6.20 Å². The zero-order valence-corrected chi connectivity index (χ0v) is 6.62. The Morgan fingerprint density at radius 3 is 2.45 bits per heavy atom. The summed E-state index contributed by atoms with van der Waals surface area (Å²) in [6.07, 6.45) is 3.07.